The van der Waals surface area contributed by atoms with Crippen molar-refractivity contribution in [2.24, 2.45) is 5.73 Å². The molecule has 0 saturated heterocycles. The van der Waals surface area contributed by atoms with Crippen molar-refractivity contribution in [3.8, 4) is 0 Å². The summed E-state index contributed by atoms with van der Waals surface area (Å²) >= 11 is 0. The van der Waals surface area contributed by atoms with Crippen LogP contribution in [-0.4, -0.2) is 6.04 Å². The Morgan fingerprint density at radius 3 is 2.42 bits per heavy atom. The molecule has 0 bridgehead atoms. The Labute approximate surface area is 73.6 Å². The maximum absolute atomic E-state index is 5.86. The molecule has 2 atom stereocenters. The maximum Gasteiger partial charge on any atom is 0.00448 e. The molecule has 0 aromatic heterocycles. The Kier molecular flexibility index (Phi) is 2.13. The van der Waals surface area contributed by atoms with Crippen molar-refractivity contribution in [3.05, 3.63) is 35.9 Å². The minimum Gasteiger partial charge on any atom is -0.328 e. The van der Waals surface area contributed by atoms with Crippen LogP contribution in [0.1, 0.15) is 30.7 Å². The van der Waals surface area contributed by atoms with Gasteiger partial charge in [0.05, 0.1) is 0 Å². The second kappa shape index (κ2) is 3.28. The molecule has 1 unspecified atom stereocenters. The molecular weight excluding hydrogens is 146 g/mol. The molecule has 1 heteroatoms. The van der Waals surface area contributed by atoms with Crippen molar-refractivity contribution in [1.82, 2.24) is 0 Å². The molecule has 0 radical (unpaired) electrons. The topological polar surface area (TPSA) is 26.0 Å². The van der Waals surface area contributed by atoms with E-state index in [2.05, 4.69) is 30.3 Å². The average Bonchev–Trinajstić information content (AvgIpc) is 2.54. The zero-order chi connectivity index (χ0) is 8.39. The van der Waals surface area contributed by atoms with E-state index in [1.165, 1.54) is 24.8 Å². The Balaban J connectivity index is 2.11. The smallest absolute Gasteiger partial charge is 0.00448 e. The third kappa shape index (κ3) is 1.51. The van der Waals surface area contributed by atoms with E-state index in [-0.39, 0.29) is 0 Å². The standard InChI is InChI=1S/C11H15N/c12-11-7-6-10(8-11)9-4-2-1-3-5-9/h1-5,10-11H,6-8,12H2/t10?,11-/m0/s1. The average molecular weight is 161 g/mol. The van der Waals surface area contributed by atoms with E-state index < -0.39 is 0 Å². The second-order valence-electron chi connectivity index (χ2n) is 3.68. The number of benzene rings is 1. The van der Waals surface area contributed by atoms with Crippen LogP contribution in [0.25, 0.3) is 0 Å². The lowest BCUT2D eigenvalue weighted by Crippen LogP contribution is -2.14. The molecule has 1 aromatic rings. The molecular formula is C11H15N. The molecule has 1 saturated carbocycles. The third-order valence-corrected chi connectivity index (χ3v) is 2.74. The van der Waals surface area contributed by atoms with E-state index >= 15 is 0 Å². The van der Waals surface area contributed by atoms with Gasteiger partial charge in [-0.2, -0.15) is 0 Å². The van der Waals surface area contributed by atoms with Crippen LogP contribution in [-0.2, 0) is 0 Å². The second-order valence-corrected chi connectivity index (χ2v) is 3.68. The van der Waals surface area contributed by atoms with Gasteiger partial charge in [0.1, 0.15) is 0 Å². The molecule has 0 aliphatic heterocycles. The Morgan fingerprint density at radius 2 is 1.83 bits per heavy atom. The van der Waals surface area contributed by atoms with Gasteiger partial charge in [-0.25, -0.2) is 0 Å². The minimum absolute atomic E-state index is 0.440. The fourth-order valence-corrected chi connectivity index (χ4v) is 2.04. The Hall–Kier alpha value is -0.820. The highest BCUT2D eigenvalue weighted by atomic mass is 14.6. The van der Waals surface area contributed by atoms with Crippen LogP contribution in [0, 0.1) is 0 Å². The van der Waals surface area contributed by atoms with Gasteiger partial charge < -0.3 is 5.73 Å². The summed E-state index contributed by atoms with van der Waals surface area (Å²) in [6.45, 7) is 0. The molecule has 1 aliphatic carbocycles. The highest BCUT2D eigenvalue weighted by Gasteiger charge is 2.22. The molecule has 64 valence electrons. The zero-order valence-electron chi connectivity index (χ0n) is 7.24. The summed E-state index contributed by atoms with van der Waals surface area (Å²) in [7, 11) is 0. The summed E-state index contributed by atoms with van der Waals surface area (Å²) in [4.78, 5) is 0. The molecule has 1 aromatic carbocycles. The molecule has 0 heterocycles. The van der Waals surface area contributed by atoms with Crippen molar-refractivity contribution in [2.45, 2.75) is 31.2 Å². The maximum atomic E-state index is 5.86. The van der Waals surface area contributed by atoms with Gasteiger partial charge in [-0.15, -0.1) is 0 Å². The first-order valence-corrected chi connectivity index (χ1v) is 4.67. The minimum atomic E-state index is 0.440. The summed E-state index contributed by atoms with van der Waals surface area (Å²) in [6.07, 6.45) is 3.63. The SMILES string of the molecule is N[C@H]1CCC(c2ccccc2)C1. The first kappa shape index (κ1) is 7.81. The molecule has 1 nitrogen and oxygen atoms in total. The highest BCUT2D eigenvalue weighted by molar-refractivity contribution is 5.20. The van der Waals surface area contributed by atoms with Gasteiger partial charge in [0.25, 0.3) is 0 Å². The van der Waals surface area contributed by atoms with Gasteiger partial charge in [0, 0.05) is 6.04 Å². The first-order chi connectivity index (χ1) is 5.86. The van der Waals surface area contributed by atoms with Gasteiger partial charge in [0.15, 0.2) is 0 Å². The number of rotatable bonds is 1. The van der Waals surface area contributed by atoms with Crippen LogP contribution in [0.5, 0.6) is 0 Å². The van der Waals surface area contributed by atoms with Crippen LogP contribution in [0.4, 0.5) is 0 Å². The molecule has 12 heavy (non-hydrogen) atoms. The van der Waals surface area contributed by atoms with E-state index in [9.17, 15) is 0 Å². The molecule has 2 N–H and O–H groups in total. The lowest BCUT2D eigenvalue weighted by molar-refractivity contribution is 0.675. The van der Waals surface area contributed by atoms with Crippen molar-refractivity contribution < 1.29 is 0 Å². The van der Waals surface area contributed by atoms with Crippen molar-refractivity contribution in [3.63, 3.8) is 0 Å². The third-order valence-electron chi connectivity index (χ3n) is 2.74. The van der Waals surface area contributed by atoms with Crippen LogP contribution >= 0.6 is 0 Å². The summed E-state index contributed by atoms with van der Waals surface area (Å²) in [6, 6.07) is 11.2. The summed E-state index contributed by atoms with van der Waals surface area (Å²) in [5, 5.41) is 0. The monoisotopic (exact) mass is 161 g/mol. The van der Waals surface area contributed by atoms with Crippen LogP contribution < -0.4 is 5.73 Å². The Bertz CT molecular complexity index is 242. The van der Waals surface area contributed by atoms with Crippen LogP contribution in [0.15, 0.2) is 30.3 Å². The zero-order valence-corrected chi connectivity index (χ0v) is 7.24. The summed E-state index contributed by atoms with van der Waals surface area (Å²) < 4.78 is 0. The van der Waals surface area contributed by atoms with Crippen molar-refractivity contribution in [2.75, 3.05) is 0 Å². The van der Waals surface area contributed by atoms with Crippen molar-refractivity contribution in [1.29, 1.82) is 0 Å². The molecule has 1 fully saturated rings. The van der Waals surface area contributed by atoms with E-state index in [1.54, 1.807) is 0 Å². The lowest BCUT2D eigenvalue weighted by atomic mass is 9.98. The summed E-state index contributed by atoms with van der Waals surface area (Å²) in [5.74, 6) is 0.723. The van der Waals surface area contributed by atoms with Gasteiger partial charge >= 0.3 is 0 Å². The summed E-state index contributed by atoms with van der Waals surface area (Å²) in [5.41, 5.74) is 7.33. The number of hydrogen-bond acceptors (Lipinski definition) is 1. The van der Waals surface area contributed by atoms with E-state index in [1.807, 2.05) is 0 Å². The van der Waals surface area contributed by atoms with Crippen LogP contribution in [0.2, 0.25) is 0 Å². The number of hydrogen-bond donors (Lipinski definition) is 1. The Morgan fingerprint density at radius 1 is 1.08 bits per heavy atom. The van der Waals surface area contributed by atoms with Gasteiger partial charge in [-0.05, 0) is 30.7 Å². The van der Waals surface area contributed by atoms with E-state index in [4.69, 9.17) is 5.73 Å². The largest absolute Gasteiger partial charge is 0.328 e. The molecule has 2 rings (SSSR count). The predicted octanol–water partition coefficient (Wildman–Crippen LogP) is 2.28. The van der Waals surface area contributed by atoms with Gasteiger partial charge in [-0.3, -0.25) is 0 Å². The predicted molar refractivity (Wildman–Crippen MR) is 51.0 cm³/mol. The quantitative estimate of drug-likeness (QED) is 0.672. The van der Waals surface area contributed by atoms with E-state index in [0.29, 0.717) is 6.04 Å². The van der Waals surface area contributed by atoms with E-state index in [0.717, 1.165) is 5.92 Å². The normalized spacial score (nSPS) is 29.1. The van der Waals surface area contributed by atoms with Gasteiger partial charge in [0.2, 0.25) is 0 Å². The van der Waals surface area contributed by atoms with Crippen molar-refractivity contribution >= 4 is 0 Å². The van der Waals surface area contributed by atoms with Crippen LogP contribution in [0.3, 0.4) is 0 Å². The lowest BCUT2D eigenvalue weighted by Gasteiger charge is -2.08. The van der Waals surface area contributed by atoms with Gasteiger partial charge in [-0.1, -0.05) is 30.3 Å². The highest BCUT2D eigenvalue weighted by Crippen LogP contribution is 2.32. The fourth-order valence-electron chi connectivity index (χ4n) is 2.04. The fraction of sp³-hybridized carbons (Fsp3) is 0.455. The molecule has 1 aliphatic rings. The number of nitrogens with two attached hydrogens (primary N) is 1. The first-order valence-electron chi connectivity index (χ1n) is 4.67. The molecule has 0 amide bonds. The molecule has 0 spiro atoms.